The van der Waals surface area contributed by atoms with Crippen molar-refractivity contribution in [3.63, 3.8) is 0 Å². The van der Waals surface area contributed by atoms with Gasteiger partial charge in [-0.05, 0) is 55.0 Å². The Bertz CT molecular complexity index is 765. The van der Waals surface area contributed by atoms with Gasteiger partial charge in [0, 0.05) is 12.7 Å². The fourth-order valence-corrected chi connectivity index (χ4v) is 2.82. The zero-order valence-electron chi connectivity index (χ0n) is 15.5. The zero-order valence-corrected chi connectivity index (χ0v) is 15.5. The highest BCUT2D eigenvalue weighted by Crippen LogP contribution is 2.30. The van der Waals surface area contributed by atoms with E-state index in [1.807, 2.05) is 12.1 Å². The summed E-state index contributed by atoms with van der Waals surface area (Å²) >= 11 is 0. The maximum absolute atomic E-state index is 11.1. The highest BCUT2D eigenvalue weighted by atomic mass is 16.6. The highest BCUT2D eigenvalue weighted by molar-refractivity contribution is 5.81. The van der Waals surface area contributed by atoms with E-state index in [1.165, 1.54) is 11.1 Å². The normalized spacial score (nSPS) is 10.4. The van der Waals surface area contributed by atoms with Gasteiger partial charge in [-0.1, -0.05) is 42.5 Å². The zero-order chi connectivity index (χ0) is 18.9. The standard InChI is InChI=1S/C22H26O4/c1-4-22(24)26-13-12-25-21-15-19(9-8-18(21)6-5-11-23)20-10-7-16(2)14-17(20)3/h4,7-10,14-15,23H,1,5-6,11-13H2,2-3H3. The highest BCUT2D eigenvalue weighted by Gasteiger charge is 2.09. The van der Waals surface area contributed by atoms with E-state index in [1.54, 1.807) is 0 Å². The fourth-order valence-electron chi connectivity index (χ4n) is 2.82. The van der Waals surface area contributed by atoms with E-state index in [2.05, 4.69) is 44.7 Å². The number of aliphatic hydroxyl groups excluding tert-OH is 1. The van der Waals surface area contributed by atoms with E-state index in [0.717, 1.165) is 34.9 Å². The van der Waals surface area contributed by atoms with Crippen molar-refractivity contribution < 1.29 is 19.4 Å². The smallest absolute Gasteiger partial charge is 0.330 e. The average molecular weight is 354 g/mol. The molecule has 0 saturated carbocycles. The van der Waals surface area contributed by atoms with E-state index in [-0.39, 0.29) is 19.8 Å². The summed E-state index contributed by atoms with van der Waals surface area (Å²) < 4.78 is 10.8. The number of rotatable bonds is 9. The number of carbonyl (C=O) groups is 1. The molecule has 0 atom stereocenters. The predicted octanol–water partition coefficient (Wildman–Crippen LogP) is 4.00. The Morgan fingerprint density at radius 2 is 1.96 bits per heavy atom. The van der Waals surface area contributed by atoms with Crippen LogP contribution in [0.25, 0.3) is 11.1 Å². The summed E-state index contributed by atoms with van der Waals surface area (Å²) in [5.41, 5.74) is 5.70. The molecule has 0 aliphatic rings. The molecule has 1 N–H and O–H groups in total. The van der Waals surface area contributed by atoms with Crippen LogP contribution in [0.2, 0.25) is 0 Å². The lowest BCUT2D eigenvalue weighted by Crippen LogP contribution is -2.11. The first kappa shape index (κ1) is 19.7. The Hall–Kier alpha value is -2.59. The quantitative estimate of drug-likeness (QED) is 0.420. The van der Waals surface area contributed by atoms with Gasteiger partial charge < -0.3 is 14.6 Å². The first-order chi connectivity index (χ1) is 12.5. The van der Waals surface area contributed by atoms with Crippen LogP contribution in [-0.2, 0) is 16.0 Å². The molecule has 0 unspecified atom stereocenters. The van der Waals surface area contributed by atoms with Crippen LogP contribution >= 0.6 is 0 Å². The Morgan fingerprint density at radius 1 is 1.15 bits per heavy atom. The summed E-state index contributed by atoms with van der Waals surface area (Å²) in [5.74, 6) is 0.295. The number of carbonyl (C=O) groups excluding carboxylic acids is 1. The van der Waals surface area contributed by atoms with Crippen LogP contribution in [0.1, 0.15) is 23.1 Å². The lowest BCUT2D eigenvalue weighted by atomic mass is 9.96. The van der Waals surface area contributed by atoms with Crippen LogP contribution in [0, 0.1) is 13.8 Å². The molecule has 0 radical (unpaired) electrons. The molecule has 0 aromatic heterocycles. The second kappa shape index (κ2) is 9.78. The predicted molar refractivity (Wildman–Crippen MR) is 103 cm³/mol. The third kappa shape index (κ3) is 5.46. The maximum Gasteiger partial charge on any atom is 0.330 e. The Kier molecular flexibility index (Phi) is 7.42. The third-order valence-electron chi connectivity index (χ3n) is 4.12. The topological polar surface area (TPSA) is 55.8 Å². The Morgan fingerprint density at radius 3 is 2.65 bits per heavy atom. The molecule has 0 amide bonds. The lowest BCUT2D eigenvalue weighted by molar-refractivity contribution is -0.138. The number of hydrogen-bond acceptors (Lipinski definition) is 4. The number of esters is 1. The minimum Gasteiger partial charge on any atom is -0.490 e. The van der Waals surface area contributed by atoms with E-state index in [0.29, 0.717) is 6.42 Å². The largest absolute Gasteiger partial charge is 0.490 e. The van der Waals surface area contributed by atoms with Crippen LogP contribution in [0.3, 0.4) is 0 Å². The van der Waals surface area contributed by atoms with Gasteiger partial charge in [-0.2, -0.15) is 0 Å². The van der Waals surface area contributed by atoms with Crippen molar-refractivity contribution in [2.45, 2.75) is 26.7 Å². The van der Waals surface area contributed by atoms with E-state index < -0.39 is 5.97 Å². The SMILES string of the molecule is C=CC(=O)OCCOc1cc(-c2ccc(C)cc2C)ccc1CCCO. The molecule has 0 heterocycles. The first-order valence-corrected chi connectivity index (χ1v) is 8.78. The number of benzene rings is 2. The molecular formula is C22H26O4. The van der Waals surface area contributed by atoms with Crippen molar-refractivity contribution >= 4 is 5.97 Å². The number of aryl methyl sites for hydroxylation is 3. The minimum atomic E-state index is -0.460. The molecule has 2 rings (SSSR count). The van der Waals surface area contributed by atoms with Gasteiger partial charge in [0.05, 0.1) is 0 Å². The second-order valence-electron chi connectivity index (χ2n) is 6.19. The van der Waals surface area contributed by atoms with Gasteiger partial charge in [0.15, 0.2) is 0 Å². The second-order valence-corrected chi connectivity index (χ2v) is 6.19. The van der Waals surface area contributed by atoms with Crippen molar-refractivity contribution in [1.29, 1.82) is 0 Å². The van der Waals surface area contributed by atoms with Gasteiger partial charge in [0.2, 0.25) is 0 Å². The molecule has 4 heteroatoms. The van der Waals surface area contributed by atoms with Crippen LogP contribution in [0.5, 0.6) is 5.75 Å². The van der Waals surface area contributed by atoms with E-state index in [9.17, 15) is 4.79 Å². The average Bonchev–Trinajstić information content (AvgIpc) is 2.63. The summed E-state index contributed by atoms with van der Waals surface area (Å²) in [4.78, 5) is 11.1. The molecule has 26 heavy (non-hydrogen) atoms. The maximum atomic E-state index is 11.1. The van der Waals surface area contributed by atoms with Crippen molar-refractivity contribution in [2.24, 2.45) is 0 Å². The fraction of sp³-hybridized carbons (Fsp3) is 0.318. The molecule has 0 saturated heterocycles. The first-order valence-electron chi connectivity index (χ1n) is 8.78. The van der Waals surface area contributed by atoms with Gasteiger partial charge in [0.25, 0.3) is 0 Å². The molecule has 0 aliphatic carbocycles. The molecule has 4 nitrogen and oxygen atoms in total. The molecule has 0 spiro atoms. The molecule has 2 aromatic rings. The molecule has 0 fully saturated rings. The van der Waals surface area contributed by atoms with Crippen LogP contribution in [0.15, 0.2) is 49.1 Å². The van der Waals surface area contributed by atoms with Gasteiger partial charge in [-0.25, -0.2) is 4.79 Å². The van der Waals surface area contributed by atoms with Crippen LogP contribution in [-0.4, -0.2) is 30.9 Å². The van der Waals surface area contributed by atoms with Crippen molar-refractivity contribution in [3.8, 4) is 16.9 Å². The summed E-state index contributed by atoms with van der Waals surface area (Å²) in [6.45, 7) is 8.10. The summed E-state index contributed by atoms with van der Waals surface area (Å²) in [6.07, 6.45) is 2.53. The number of ether oxygens (including phenoxy) is 2. The van der Waals surface area contributed by atoms with Crippen molar-refractivity contribution in [3.05, 3.63) is 65.7 Å². The van der Waals surface area contributed by atoms with Gasteiger partial charge in [0.1, 0.15) is 19.0 Å². The number of hydrogen-bond donors (Lipinski definition) is 1. The minimum absolute atomic E-state index is 0.134. The van der Waals surface area contributed by atoms with Gasteiger partial charge in [-0.15, -0.1) is 0 Å². The molecule has 0 aliphatic heterocycles. The Labute approximate surface area is 155 Å². The number of aliphatic hydroxyl groups is 1. The summed E-state index contributed by atoms with van der Waals surface area (Å²) in [6, 6.07) is 12.5. The van der Waals surface area contributed by atoms with E-state index >= 15 is 0 Å². The van der Waals surface area contributed by atoms with E-state index in [4.69, 9.17) is 14.6 Å². The molecular weight excluding hydrogens is 328 g/mol. The lowest BCUT2D eigenvalue weighted by Gasteiger charge is -2.15. The van der Waals surface area contributed by atoms with Crippen molar-refractivity contribution in [2.75, 3.05) is 19.8 Å². The summed E-state index contributed by atoms with van der Waals surface area (Å²) in [7, 11) is 0. The monoisotopic (exact) mass is 354 g/mol. The Balaban J connectivity index is 2.20. The third-order valence-corrected chi connectivity index (χ3v) is 4.12. The van der Waals surface area contributed by atoms with Crippen LogP contribution < -0.4 is 4.74 Å². The molecule has 0 bridgehead atoms. The molecule has 2 aromatic carbocycles. The summed E-state index contributed by atoms with van der Waals surface area (Å²) in [5, 5.41) is 9.11. The van der Waals surface area contributed by atoms with Gasteiger partial charge >= 0.3 is 5.97 Å². The van der Waals surface area contributed by atoms with Crippen molar-refractivity contribution in [1.82, 2.24) is 0 Å². The molecule has 138 valence electrons. The van der Waals surface area contributed by atoms with Crippen LogP contribution in [0.4, 0.5) is 0 Å². The van der Waals surface area contributed by atoms with Gasteiger partial charge in [-0.3, -0.25) is 0 Å².